The molecule has 1 atom stereocenters. The van der Waals surface area contributed by atoms with Crippen LogP contribution < -0.4 is 19.1 Å². The molecule has 2 aromatic carbocycles. The Kier molecular flexibility index (Phi) is 5.33. The Bertz CT molecular complexity index is 930. The van der Waals surface area contributed by atoms with Crippen molar-refractivity contribution in [1.29, 1.82) is 0 Å². The van der Waals surface area contributed by atoms with E-state index in [1.807, 2.05) is 48.5 Å². The van der Waals surface area contributed by atoms with Gasteiger partial charge >= 0.3 is 0 Å². The monoisotopic (exact) mass is 376 g/mol. The highest BCUT2D eigenvalue weighted by molar-refractivity contribution is 5.57. The van der Waals surface area contributed by atoms with Crippen LogP contribution in [0.1, 0.15) is 12.0 Å². The summed E-state index contributed by atoms with van der Waals surface area (Å²) in [5.74, 6) is 2.92. The molecule has 1 aliphatic rings. The molecule has 0 saturated carbocycles. The van der Waals surface area contributed by atoms with Gasteiger partial charge in [0.25, 0.3) is 0 Å². The van der Waals surface area contributed by atoms with E-state index >= 15 is 0 Å². The number of benzene rings is 2. The number of hydrogen-bond acceptors (Lipinski definition) is 5. The molecule has 4 rings (SSSR count). The average molecular weight is 376 g/mol. The van der Waals surface area contributed by atoms with Gasteiger partial charge in [0.2, 0.25) is 5.88 Å². The van der Waals surface area contributed by atoms with Crippen molar-refractivity contribution < 1.29 is 14.2 Å². The normalized spacial score (nSPS) is 16.1. The van der Waals surface area contributed by atoms with Gasteiger partial charge in [0.15, 0.2) is 11.5 Å². The molecular formula is C23H24N2O3. The Morgan fingerprint density at radius 1 is 1.00 bits per heavy atom. The maximum atomic E-state index is 6.02. The molecular weight excluding hydrogens is 352 g/mol. The standard InChI is InChI=1S/C23H24N2O3/c1-17-15-18(27-22-8-4-3-7-21(22)26-2)10-11-20(17)25-14-12-19(16-25)28-23-9-5-6-13-24-23/h3-11,13,15,19H,12,14,16H2,1-2H3. The number of pyridine rings is 1. The molecule has 1 aromatic heterocycles. The molecule has 0 N–H and O–H groups in total. The first kappa shape index (κ1) is 18.2. The van der Waals surface area contributed by atoms with Crippen LogP contribution >= 0.6 is 0 Å². The van der Waals surface area contributed by atoms with Gasteiger partial charge < -0.3 is 19.1 Å². The van der Waals surface area contributed by atoms with Crippen LogP contribution in [0.3, 0.4) is 0 Å². The molecule has 0 radical (unpaired) electrons. The van der Waals surface area contributed by atoms with Crippen molar-refractivity contribution in [2.45, 2.75) is 19.4 Å². The van der Waals surface area contributed by atoms with Crippen molar-refractivity contribution in [2.24, 2.45) is 0 Å². The van der Waals surface area contributed by atoms with Gasteiger partial charge in [0.05, 0.1) is 13.7 Å². The van der Waals surface area contributed by atoms with Gasteiger partial charge in [0.1, 0.15) is 11.9 Å². The summed E-state index contributed by atoms with van der Waals surface area (Å²) < 4.78 is 17.4. The molecule has 1 aliphatic heterocycles. The summed E-state index contributed by atoms with van der Waals surface area (Å²) in [4.78, 5) is 6.61. The third-order valence-electron chi connectivity index (χ3n) is 4.88. The van der Waals surface area contributed by atoms with Crippen molar-refractivity contribution >= 4 is 5.69 Å². The van der Waals surface area contributed by atoms with E-state index in [4.69, 9.17) is 14.2 Å². The van der Waals surface area contributed by atoms with E-state index in [0.717, 1.165) is 31.0 Å². The molecule has 28 heavy (non-hydrogen) atoms. The fourth-order valence-electron chi connectivity index (χ4n) is 3.51. The number of aromatic nitrogens is 1. The van der Waals surface area contributed by atoms with Crippen molar-refractivity contribution in [1.82, 2.24) is 4.98 Å². The first-order valence-electron chi connectivity index (χ1n) is 9.47. The van der Waals surface area contributed by atoms with Gasteiger partial charge in [-0.1, -0.05) is 18.2 Å². The van der Waals surface area contributed by atoms with E-state index in [-0.39, 0.29) is 6.10 Å². The Balaban J connectivity index is 1.43. The smallest absolute Gasteiger partial charge is 0.213 e. The summed E-state index contributed by atoms with van der Waals surface area (Å²) in [5.41, 5.74) is 2.38. The molecule has 144 valence electrons. The minimum atomic E-state index is 0.152. The number of rotatable bonds is 6. The second-order valence-corrected chi connectivity index (χ2v) is 6.84. The number of anilines is 1. The molecule has 1 fully saturated rings. The second kappa shape index (κ2) is 8.21. The topological polar surface area (TPSA) is 43.8 Å². The zero-order valence-corrected chi connectivity index (χ0v) is 16.2. The summed E-state index contributed by atoms with van der Waals surface area (Å²) in [6, 6.07) is 19.6. The number of para-hydroxylation sites is 2. The summed E-state index contributed by atoms with van der Waals surface area (Å²) >= 11 is 0. The predicted molar refractivity (Wildman–Crippen MR) is 110 cm³/mol. The maximum absolute atomic E-state index is 6.02. The Morgan fingerprint density at radius 2 is 1.82 bits per heavy atom. The second-order valence-electron chi connectivity index (χ2n) is 6.84. The number of hydrogen-bond donors (Lipinski definition) is 0. The van der Waals surface area contributed by atoms with Crippen molar-refractivity contribution in [3.63, 3.8) is 0 Å². The SMILES string of the molecule is COc1ccccc1Oc1ccc(N2CCC(Oc3ccccn3)C2)c(C)c1. The van der Waals surface area contributed by atoms with Crippen LogP contribution in [0.5, 0.6) is 23.1 Å². The van der Waals surface area contributed by atoms with Crippen molar-refractivity contribution in [3.05, 3.63) is 72.4 Å². The zero-order valence-electron chi connectivity index (χ0n) is 16.2. The van der Waals surface area contributed by atoms with E-state index in [0.29, 0.717) is 11.6 Å². The first-order valence-corrected chi connectivity index (χ1v) is 9.47. The molecule has 5 heteroatoms. The van der Waals surface area contributed by atoms with Gasteiger partial charge in [-0.15, -0.1) is 0 Å². The van der Waals surface area contributed by atoms with Crippen molar-refractivity contribution in [3.8, 4) is 23.1 Å². The summed E-state index contributed by atoms with van der Waals surface area (Å²) in [6.07, 6.45) is 2.89. The molecule has 1 saturated heterocycles. The minimum absolute atomic E-state index is 0.152. The lowest BCUT2D eigenvalue weighted by atomic mass is 10.1. The van der Waals surface area contributed by atoms with E-state index in [9.17, 15) is 0 Å². The van der Waals surface area contributed by atoms with Crippen LogP contribution in [-0.4, -0.2) is 31.3 Å². The highest BCUT2D eigenvalue weighted by Gasteiger charge is 2.25. The Morgan fingerprint density at radius 3 is 2.57 bits per heavy atom. The molecule has 0 amide bonds. The Labute approximate surface area is 165 Å². The molecule has 5 nitrogen and oxygen atoms in total. The van der Waals surface area contributed by atoms with Gasteiger partial charge in [-0.25, -0.2) is 4.98 Å². The number of ether oxygens (including phenoxy) is 3. The average Bonchev–Trinajstić information content (AvgIpc) is 3.17. The largest absolute Gasteiger partial charge is 0.493 e. The maximum Gasteiger partial charge on any atom is 0.213 e. The highest BCUT2D eigenvalue weighted by atomic mass is 16.5. The fourth-order valence-corrected chi connectivity index (χ4v) is 3.51. The lowest BCUT2D eigenvalue weighted by Crippen LogP contribution is -2.25. The van der Waals surface area contributed by atoms with E-state index < -0.39 is 0 Å². The van der Waals surface area contributed by atoms with Gasteiger partial charge in [-0.2, -0.15) is 0 Å². The first-order chi connectivity index (χ1) is 13.7. The predicted octanol–water partition coefficient (Wildman–Crippen LogP) is 4.85. The molecule has 0 aliphatic carbocycles. The van der Waals surface area contributed by atoms with E-state index in [2.05, 4.69) is 28.9 Å². The Hall–Kier alpha value is -3.21. The molecule has 3 aromatic rings. The van der Waals surface area contributed by atoms with Crippen LogP contribution in [0, 0.1) is 6.92 Å². The van der Waals surface area contributed by atoms with Crippen LogP contribution in [0.4, 0.5) is 5.69 Å². The number of aryl methyl sites for hydroxylation is 1. The van der Waals surface area contributed by atoms with Crippen LogP contribution in [0.15, 0.2) is 66.9 Å². The van der Waals surface area contributed by atoms with Gasteiger partial charge in [0, 0.05) is 30.9 Å². The molecule has 1 unspecified atom stereocenters. The van der Waals surface area contributed by atoms with Crippen LogP contribution in [0.25, 0.3) is 0 Å². The highest BCUT2D eigenvalue weighted by Crippen LogP contribution is 2.34. The van der Waals surface area contributed by atoms with E-state index in [1.165, 1.54) is 11.3 Å². The summed E-state index contributed by atoms with van der Waals surface area (Å²) in [7, 11) is 1.65. The zero-order chi connectivity index (χ0) is 19.3. The quantitative estimate of drug-likeness (QED) is 0.615. The molecule has 0 spiro atoms. The lowest BCUT2D eigenvalue weighted by molar-refractivity contribution is 0.216. The third-order valence-corrected chi connectivity index (χ3v) is 4.88. The third kappa shape index (κ3) is 4.03. The van der Waals surface area contributed by atoms with Gasteiger partial charge in [-0.05, 0) is 48.9 Å². The lowest BCUT2D eigenvalue weighted by Gasteiger charge is -2.21. The minimum Gasteiger partial charge on any atom is -0.493 e. The van der Waals surface area contributed by atoms with Crippen LogP contribution in [-0.2, 0) is 0 Å². The van der Waals surface area contributed by atoms with Crippen molar-refractivity contribution in [2.75, 3.05) is 25.1 Å². The number of nitrogens with zero attached hydrogens (tertiary/aromatic N) is 2. The summed E-state index contributed by atoms with van der Waals surface area (Å²) in [6.45, 7) is 3.92. The summed E-state index contributed by atoms with van der Waals surface area (Å²) in [5, 5.41) is 0. The van der Waals surface area contributed by atoms with Gasteiger partial charge in [-0.3, -0.25) is 0 Å². The molecule has 0 bridgehead atoms. The van der Waals surface area contributed by atoms with Crippen LogP contribution in [0.2, 0.25) is 0 Å². The molecule has 2 heterocycles. The van der Waals surface area contributed by atoms with E-state index in [1.54, 1.807) is 13.3 Å². The fraction of sp³-hybridized carbons (Fsp3) is 0.261. The number of methoxy groups -OCH3 is 1.